The SMILES string of the molecule is CCCCOc1ccc(/C(O)=C2/C(=O)C(=O)N(c3nnc(SCc4ccc(C)cc4)s3)C2c2cccc(Cl)c2)cc1. The lowest BCUT2D eigenvalue weighted by Crippen LogP contribution is -2.29. The van der Waals surface area contributed by atoms with Gasteiger partial charge in [-0.05, 0) is 60.9 Å². The molecule has 0 radical (unpaired) electrons. The first-order chi connectivity index (χ1) is 19.9. The van der Waals surface area contributed by atoms with E-state index in [2.05, 4.69) is 41.4 Å². The number of rotatable bonds is 10. The molecule has 3 aromatic carbocycles. The maximum Gasteiger partial charge on any atom is 0.301 e. The Morgan fingerprint density at radius 3 is 2.54 bits per heavy atom. The Labute approximate surface area is 251 Å². The third-order valence-corrected chi connectivity index (χ3v) is 8.95. The zero-order valence-electron chi connectivity index (χ0n) is 22.5. The number of nitrogens with zero attached hydrogens (tertiary/aromatic N) is 3. The van der Waals surface area contributed by atoms with Gasteiger partial charge < -0.3 is 9.84 Å². The Kier molecular flexibility index (Phi) is 9.07. The Hall–Kier alpha value is -3.66. The molecule has 1 aliphatic heterocycles. The quantitative estimate of drug-likeness (QED) is 0.0497. The predicted octanol–water partition coefficient (Wildman–Crippen LogP) is 7.60. The van der Waals surface area contributed by atoms with Crippen LogP contribution in [-0.4, -0.2) is 33.6 Å². The lowest BCUT2D eigenvalue weighted by molar-refractivity contribution is -0.132. The number of Topliss-reactive ketones (excluding diaryl/α,β-unsaturated/α-hetero) is 1. The van der Waals surface area contributed by atoms with Crippen LogP contribution in [0.15, 0.2) is 82.7 Å². The van der Waals surface area contributed by atoms with Crippen LogP contribution >= 0.6 is 34.7 Å². The van der Waals surface area contributed by atoms with Crippen LogP contribution in [-0.2, 0) is 15.3 Å². The van der Waals surface area contributed by atoms with E-state index in [-0.39, 0.29) is 16.5 Å². The highest BCUT2D eigenvalue weighted by Crippen LogP contribution is 2.44. The fourth-order valence-electron chi connectivity index (χ4n) is 4.41. The average molecular weight is 606 g/mol. The Bertz CT molecular complexity index is 1590. The van der Waals surface area contributed by atoms with Gasteiger partial charge in [-0.2, -0.15) is 0 Å². The molecule has 10 heteroatoms. The Morgan fingerprint density at radius 1 is 1.07 bits per heavy atom. The molecule has 41 heavy (non-hydrogen) atoms. The van der Waals surface area contributed by atoms with E-state index >= 15 is 0 Å². The van der Waals surface area contributed by atoms with Gasteiger partial charge in [0.1, 0.15) is 11.5 Å². The molecule has 210 valence electrons. The molecule has 0 bridgehead atoms. The number of ether oxygens (including phenoxy) is 1. The van der Waals surface area contributed by atoms with Gasteiger partial charge in [0, 0.05) is 16.3 Å². The number of amides is 1. The summed E-state index contributed by atoms with van der Waals surface area (Å²) in [6.45, 7) is 4.72. The third kappa shape index (κ3) is 6.48. The molecule has 0 spiro atoms. The van der Waals surface area contributed by atoms with E-state index in [0.717, 1.165) is 18.4 Å². The molecule has 0 saturated carbocycles. The Morgan fingerprint density at radius 2 is 1.83 bits per heavy atom. The number of thioether (sulfide) groups is 1. The fourth-order valence-corrected chi connectivity index (χ4v) is 6.43. The first-order valence-corrected chi connectivity index (χ1v) is 15.3. The fraction of sp³-hybridized carbons (Fsp3) is 0.226. The molecule has 1 fully saturated rings. The van der Waals surface area contributed by atoms with Gasteiger partial charge in [0.2, 0.25) is 5.13 Å². The van der Waals surface area contributed by atoms with E-state index in [1.165, 1.54) is 33.6 Å². The predicted molar refractivity (Wildman–Crippen MR) is 164 cm³/mol. The molecule has 2 heterocycles. The number of ketones is 1. The number of carbonyl (C=O) groups excluding carboxylic acids is 2. The molecule has 7 nitrogen and oxygen atoms in total. The topological polar surface area (TPSA) is 92.6 Å². The normalized spacial score (nSPS) is 16.4. The van der Waals surface area contributed by atoms with Crippen LogP contribution in [0.2, 0.25) is 5.02 Å². The summed E-state index contributed by atoms with van der Waals surface area (Å²) in [6, 6.07) is 21.0. The van der Waals surface area contributed by atoms with Crippen molar-refractivity contribution in [3.63, 3.8) is 0 Å². The van der Waals surface area contributed by atoms with E-state index < -0.39 is 17.7 Å². The minimum atomic E-state index is -0.933. The van der Waals surface area contributed by atoms with Crippen LogP contribution in [0.25, 0.3) is 5.76 Å². The minimum absolute atomic E-state index is 0.0408. The number of carbonyl (C=O) groups is 2. The molecule has 1 saturated heterocycles. The minimum Gasteiger partial charge on any atom is -0.507 e. The molecule has 1 aliphatic rings. The van der Waals surface area contributed by atoms with E-state index in [0.29, 0.717) is 38.6 Å². The molecule has 4 aromatic rings. The van der Waals surface area contributed by atoms with Gasteiger partial charge in [-0.15, -0.1) is 10.2 Å². The number of aryl methyl sites for hydroxylation is 1. The van der Waals surface area contributed by atoms with Gasteiger partial charge in [-0.25, -0.2) is 0 Å². The van der Waals surface area contributed by atoms with E-state index in [4.69, 9.17) is 16.3 Å². The lowest BCUT2D eigenvalue weighted by atomic mass is 9.95. The number of unbranched alkanes of at least 4 members (excludes halogenated alkanes) is 1. The number of halogens is 1. The molecule has 1 unspecified atom stereocenters. The number of anilines is 1. The third-order valence-electron chi connectivity index (χ3n) is 6.59. The number of hydrogen-bond donors (Lipinski definition) is 1. The average Bonchev–Trinajstić information content (AvgIpc) is 3.55. The summed E-state index contributed by atoms with van der Waals surface area (Å²) in [5.41, 5.74) is 3.25. The summed E-state index contributed by atoms with van der Waals surface area (Å²) < 4.78 is 6.38. The monoisotopic (exact) mass is 605 g/mol. The van der Waals surface area contributed by atoms with Crippen LogP contribution in [0.3, 0.4) is 0 Å². The molecule has 1 N–H and O–H groups in total. The highest BCUT2D eigenvalue weighted by atomic mass is 35.5. The molecular formula is C31H28ClN3O4S2. The summed E-state index contributed by atoms with van der Waals surface area (Å²) in [6.07, 6.45) is 1.95. The molecule has 0 aliphatic carbocycles. The van der Waals surface area contributed by atoms with Crippen LogP contribution < -0.4 is 9.64 Å². The summed E-state index contributed by atoms with van der Waals surface area (Å²) in [4.78, 5) is 28.2. The van der Waals surface area contributed by atoms with Crippen molar-refractivity contribution in [1.29, 1.82) is 0 Å². The van der Waals surface area contributed by atoms with Crippen LogP contribution in [0.5, 0.6) is 5.75 Å². The van der Waals surface area contributed by atoms with Crippen molar-refractivity contribution >= 4 is 57.3 Å². The van der Waals surface area contributed by atoms with Gasteiger partial charge in [-0.1, -0.05) is 90.0 Å². The number of benzene rings is 3. The summed E-state index contributed by atoms with van der Waals surface area (Å²) in [5, 5.41) is 20.6. The van der Waals surface area contributed by atoms with Crippen LogP contribution in [0, 0.1) is 6.92 Å². The zero-order valence-corrected chi connectivity index (χ0v) is 24.9. The van der Waals surface area contributed by atoms with Crippen molar-refractivity contribution in [2.45, 2.75) is 42.8 Å². The highest BCUT2D eigenvalue weighted by molar-refractivity contribution is 8.00. The molecule has 1 atom stereocenters. The van der Waals surface area contributed by atoms with E-state index in [1.807, 2.05) is 6.92 Å². The van der Waals surface area contributed by atoms with Gasteiger partial charge in [0.05, 0.1) is 18.2 Å². The van der Waals surface area contributed by atoms with Crippen molar-refractivity contribution in [2.24, 2.45) is 0 Å². The summed E-state index contributed by atoms with van der Waals surface area (Å²) in [7, 11) is 0. The standard InChI is InChI=1S/C31H28ClN3O4S2/c1-3-4-16-39-24-14-12-21(13-15-24)27(36)25-26(22-6-5-7-23(32)17-22)35(29(38)28(25)37)30-33-34-31(41-30)40-18-20-10-8-19(2)9-11-20/h5-15,17,26,36H,3-4,16,18H2,1-2H3/b27-25-. The smallest absolute Gasteiger partial charge is 0.301 e. The largest absolute Gasteiger partial charge is 0.507 e. The molecule has 1 aromatic heterocycles. The van der Waals surface area contributed by atoms with Crippen LogP contribution in [0.1, 0.15) is 48.1 Å². The second-order valence-electron chi connectivity index (χ2n) is 9.58. The number of aromatic nitrogens is 2. The zero-order chi connectivity index (χ0) is 28.9. The van der Waals surface area contributed by atoms with E-state index in [9.17, 15) is 14.7 Å². The van der Waals surface area contributed by atoms with Gasteiger partial charge in [0.15, 0.2) is 4.34 Å². The first kappa shape index (κ1) is 28.9. The second-order valence-corrected chi connectivity index (χ2v) is 12.2. The van der Waals surface area contributed by atoms with Crippen LogP contribution in [0.4, 0.5) is 5.13 Å². The molecule has 1 amide bonds. The maximum absolute atomic E-state index is 13.5. The van der Waals surface area contributed by atoms with E-state index in [1.54, 1.807) is 48.5 Å². The molecule has 5 rings (SSSR count). The summed E-state index contributed by atoms with van der Waals surface area (Å²) >= 11 is 9.03. The van der Waals surface area contributed by atoms with Gasteiger partial charge in [0.25, 0.3) is 5.78 Å². The highest BCUT2D eigenvalue weighted by Gasteiger charge is 2.48. The Balaban J connectivity index is 1.48. The first-order valence-electron chi connectivity index (χ1n) is 13.2. The van der Waals surface area contributed by atoms with Crippen molar-refractivity contribution in [3.05, 3.63) is 106 Å². The van der Waals surface area contributed by atoms with Crippen molar-refractivity contribution in [1.82, 2.24) is 10.2 Å². The molecular weight excluding hydrogens is 578 g/mol. The van der Waals surface area contributed by atoms with Crippen molar-refractivity contribution < 1.29 is 19.4 Å². The van der Waals surface area contributed by atoms with Crippen molar-refractivity contribution in [2.75, 3.05) is 11.5 Å². The lowest BCUT2D eigenvalue weighted by Gasteiger charge is -2.22. The number of aliphatic hydroxyl groups excluding tert-OH is 1. The number of hydrogen-bond acceptors (Lipinski definition) is 8. The maximum atomic E-state index is 13.5. The van der Waals surface area contributed by atoms with Crippen molar-refractivity contribution in [3.8, 4) is 5.75 Å². The van der Waals surface area contributed by atoms with Gasteiger partial charge >= 0.3 is 5.91 Å². The number of aliphatic hydroxyl groups is 1. The second kappa shape index (κ2) is 12.9. The summed E-state index contributed by atoms with van der Waals surface area (Å²) in [5.74, 6) is -0.535. The van der Waals surface area contributed by atoms with Gasteiger partial charge in [-0.3, -0.25) is 14.5 Å².